The van der Waals surface area contributed by atoms with E-state index in [9.17, 15) is 9.90 Å². The van der Waals surface area contributed by atoms with Gasteiger partial charge in [-0.1, -0.05) is 60.7 Å². The van der Waals surface area contributed by atoms with Gasteiger partial charge in [0.05, 0.1) is 5.69 Å². The van der Waals surface area contributed by atoms with Gasteiger partial charge in [0.15, 0.2) is 10.7 Å². The summed E-state index contributed by atoms with van der Waals surface area (Å²) in [6, 6.07) is 25.6. The van der Waals surface area contributed by atoms with Crippen LogP contribution in [0.4, 0.5) is 0 Å². The Morgan fingerprint density at radius 3 is 2.00 bits per heavy atom. The summed E-state index contributed by atoms with van der Waals surface area (Å²) in [5.74, 6) is 0.276. The molecule has 7 heteroatoms. The number of nitrogens with zero attached hydrogens (tertiary/aromatic N) is 2. The van der Waals surface area contributed by atoms with Crippen LogP contribution in [-0.4, -0.2) is 20.5 Å². The zero-order valence-corrected chi connectivity index (χ0v) is 18.4. The molecule has 2 heterocycles. The topological polar surface area (TPSA) is 73.1 Å². The number of carboxylic acids is 1. The molecule has 0 bridgehead atoms. The second-order valence-electron chi connectivity index (χ2n) is 7.45. The average molecular weight is 457 g/mol. The first-order valence-electron chi connectivity index (χ1n) is 10.3. The molecule has 5 rings (SSSR count). The summed E-state index contributed by atoms with van der Waals surface area (Å²) in [6.07, 6.45) is 1.53. The largest absolute Gasteiger partial charge is 0.489 e. The lowest BCUT2D eigenvalue weighted by Crippen LogP contribution is -1.99. The molecule has 5 aromatic rings. The summed E-state index contributed by atoms with van der Waals surface area (Å²) in [4.78, 5) is 16.1. The fourth-order valence-electron chi connectivity index (χ4n) is 3.46. The molecule has 0 saturated carbocycles. The molecule has 0 spiro atoms. The minimum absolute atomic E-state index is 0.0140. The average Bonchev–Trinajstić information content (AvgIpc) is 3.44. The van der Waals surface area contributed by atoms with E-state index in [4.69, 9.17) is 9.47 Å². The summed E-state index contributed by atoms with van der Waals surface area (Å²) in [7, 11) is 0. The number of fused-ring (bicyclic) bond motifs is 1. The number of thiazole rings is 1. The molecule has 0 aliphatic carbocycles. The Kier molecular flexibility index (Phi) is 5.78. The van der Waals surface area contributed by atoms with Crippen LogP contribution in [0, 0.1) is 0 Å². The number of carboxylic acid groups (broad SMARTS) is 1. The van der Waals surface area contributed by atoms with Gasteiger partial charge in [0.2, 0.25) is 0 Å². The minimum Gasteiger partial charge on any atom is -0.489 e. The molecular weight excluding hydrogens is 436 g/mol. The van der Waals surface area contributed by atoms with Crippen molar-refractivity contribution in [2.75, 3.05) is 0 Å². The summed E-state index contributed by atoms with van der Waals surface area (Å²) in [5, 5.41) is 11.2. The van der Waals surface area contributed by atoms with Crippen molar-refractivity contribution >= 4 is 22.3 Å². The van der Waals surface area contributed by atoms with Crippen LogP contribution in [0.2, 0.25) is 0 Å². The number of rotatable bonds is 8. The summed E-state index contributed by atoms with van der Waals surface area (Å²) in [6.45, 7) is 0.853. The quantitative estimate of drug-likeness (QED) is 0.314. The van der Waals surface area contributed by atoms with E-state index >= 15 is 0 Å². The van der Waals surface area contributed by atoms with Crippen molar-refractivity contribution < 1.29 is 19.4 Å². The number of aromatic nitrogens is 2. The highest BCUT2D eigenvalue weighted by molar-refractivity contribution is 7.15. The molecule has 3 aromatic carbocycles. The van der Waals surface area contributed by atoms with E-state index in [1.54, 1.807) is 4.40 Å². The number of benzene rings is 3. The van der Waals surface area contributed by atoms with E-state index in [1.165, 1.54) is 17.5 Å². The number of ether oxygens (including phenoxy) is 2. The van der Waals surface area contributed by atoms with Gasteiger partial charge < -0.3 is 14.6 Å². The Morgan fingerprint density at radius 1 is 0.879 bits per heavy atom. The molecule has 0 fully saturated rings. The van der Waals surface area contributed by atoms with Crippen molar-refractivity contribution in [1.29, 1.82) is 0 Å². The molecule has 0 unspecified atom stereocenters. The van der Waals surface area contributed by atoms with Crippen LogP contribution in [0.5, 0.6) is 11.5 Å². The van der Waals surface area contributed by atoms with E-state index in [-0.39, 0.29) is 5.69 Å². The fraction of sp³-hybridized carbons (Fsp3) is 0.0769. The van der Waals surface area contributed by atoms with Crippen molar-refractivity contribution in [2.45, 2.75) is 13.2 Å². The number of hydrogen-bond acceptors (Lipinski definition) is 5. The summed E-state index contributed by atoms with van der Waals surface area (Å²) < 4.78 is 13.9. The Bertz CT molecular complexity index is 1330. The second kappa shape index (κ2) is 9.18. The Balaban J connectivity index is 1.48. The van der Waals surface area contributed by atoms with E-state index in [0.29, 0.717) is 29.7 Å². The molecule has 6 nitrogen and oxygen atoms in total. The number of carbonyl (C=O) groups is 1. The molecule has 0 amide bonds. The Hall–Kier alpha value is -4.10. The van der Waals surface area contributed by atoms with Crippen LogP contribution in [0.3, 0.4) is 0 Å². The maximum absolute atomic E-state index is 11.4. The van der Waals surface area contributed by atoms with Crippen molar-refractivity contribution in [2.24, 2.45) is 0 Å². The van der Waals surface area contributed by atoms with Gasteiger partial charge in [-0.25, -0.2) is 9.78 Å². The smallest absolute Gasteiger partial charge is 0.356 e. The minimum atomic E-state index is -1.05. The third-order valence-electron chi connectivity index (χ3n) is 5.10. The third-order valence-corrected chi connectivity index (χ3v) is 5.94. The normalized spacial score (nSPS) is 10.9. The number of imidazole rings is 1. The van der Waals surface area contributed by atoms with Gasteiger partial charge in [-0.2, -0.15) is 0 Å². The van der Waals surface area contributed by atoms with Crippen LogP contribution in [-0.2, 0) is 13.2 Å². The Morgan fingerprint density at radius 2 is 1.45 bits per heavy atom. The van der Waals surface area contributed by atoms with Crippen LogP contribution in [0.15, 0.2) is 90.4 Å². The van der Waals surface area contributed by atoms with Crippen molar-refractivity contribution in [3.63, 3.8) is 0 Å². The maximum Gasteiger partial charge on any atom is 0.356 e. The molecule has 0 aliphatic rings. The van der Waals surface area contributed by atoms with Crippen molar-refractivity contribution in [3.8, 4) is 22.8 Å². The highest BCUT2D eigenvalue weighted by atomic mass is 32.1. The van der Waals surface area contributed by atoms with Gasteiger partial charge in [0.25, 0.3) is 0 Å². The molecule has 164 valence electrons. The SMILES string of the molecule is O=C(O)c1cn2c(-c3cc(OCc4ccccc4)cc(OCc4ccccc4)c3)csc2n1. The standard InChI is InChI=1S/C26H20N2O4S/c29-25(30)23-14-28-24(17-33-26(28)27-23)20-11-21(31-15-18-7-3-1-4-8-18)13-22(12-20)32-16-19-9-5-2-6-10-19/h1-14,17H,15-16H2,(H,29,30). The summed E-state index contributed by atoms with van der Waals surface area (Å²) >= 11 is 1.39. The van der Waals surface area contributed by atoms with E-state index in [0.717, 1.165) is 22.4 Å². The van der Waals surface area contributed by atoms with E-state index in [2.05, 4.69) is 4.98 Å². The fourth-order valence-corrected chi connectivity index (χ4v) is 4.34. The highest BCUT2D eigenvalue weighted by Gasteiger charge is 2.15. The lowest BCUT2D eigenvalue weighted by atomic mass is 10.1. The highest BCUT2D eigenvalue weighted by Crippen LogP contribution is 2.33. The van der Waals surface area contributed by atoms with Crippen molar-refractivity contribution in [3.05, 3.63) is 107 Å². The van der Waals surface area contributed by atoms with Crippen LogP contribution >= 0.6 is 11.3 Å². The molecule has 0 saturated heterocycles. The van der Waals surface area contributed by atoms with Crippen LogP contribution in [0.25, 0.3) is 16.2 Å². The number of aromatic carboxylic acids is 1. The van der Waals surface area contributed by atoms with E-state index < -0.39 is 5.97 Å². The molecule has 2 aromatic heterocycles. The molecule has 0 atom stereocenters. The van der Waals surface area contributed by atoms with Gasteiger partial charge in [-0.15, -0.1) is 11.3 Å². The zero-order valence-electron chi connectivity index (χ0n) is 17.5. The molecule has 33 heavy (non-hydrogen) atoms. The molecule has 0 radical (unpaired) electrons. The van der Waals surface area contributed by atoms with Gasteiger partial charge in [0, 0.05) is 23.2 Å². The summed E-state index contributed by atoms with van der Waals surface area (Å²) in [5.41, 5.74) is 3.82. The zero-order chi connectivity index (χ0) is 22.6. The first kappa shape index (κ1) is 20.8. The maximum atomic E-state index is 11.4. The first-order valence-corrected chi connectivity index (χ1v) is 11.2. The van der Waals surface area contributed by atoms with Crippen LogP contribution in [0.1, 0.15) is 21.6 Å². The predicted molar refractivity (Wildman–Crippen MR) is 127 cm³/mol. The van der Waals surface area contributed by atoms with Gasteiger partial charge in [0.1, 0.15) is 24.7 Å². The lowest BCUT2D eigenvalue weighted by Gasteiger charge is -2.13. The monoisotopic (exact) mass is 456 g/mol. The van der Waals surface area contributed by atoms with Gasteiger partial charge in [-0.05, 0) is 23.3 Å². The third kappa shape index (κ3) is 4.73. The number of hydrogen-bond donors (Lipinski definition) is 1. The first-order chi connectivity index (χ1) is 16.2. The molecular formula is C26H20N2O4S. The predicted octanol–water partition coefficient (Wildman–Crippen LogP) is 5.92. The lowest BCUT2D eigenvalue weighted by molar-refractivity contribution is 0.0691. The Labute approximate surface area is 194 Å². The van der Waals surface area contributed by atoms with Gasteiger partial charge in [-0.3, -0.25) is 4.40 Å². The van der Waals surface area contributed by atoms with Crippen LogP contribution < -0.4 is 9.47 Å². The van der Waals surface area contributed by atoms with E-state index in [1.807, 2.05) is 84.2 Å². The second-order valence-corrected chi connectivity index (χ2v) is 8.28. The van der Waals surface area contributed by atoms with Gasteiger partial charge >= 0.3 is 5.97 Å². The molecule has 0 aliphatic heterocycles. The molecule has 1 N–H and O–H groups in total. The van der Waals surface area contributed by atoms with Crippen molar-refractivity contribution in [1.82, 2.24) is 9.38 Å².